The van der Waals surface area contributed by atoms with Gasteiger partial charge in [0.25, 0.3) is 0 Å². The summed E-state index contributed by atoms with van der Waals surface area (Å²) in [6.45, 7) is -1.21. The molecule has 1 heterocycles. The number of alkyl halides is 1. The quantitative estimate of drug-likeness (QED) is 0.433. The molecule has 0 spiro atoms. The van der Waals surface area contributed by atoms with E-state index in [1.807, 2.05) is 91.0 Å². The van der Waals surface area contributed by atoms with Crippen molar-refractivity contribution in [2.75, 3.05) is 13.3 Å². The van der Waals surface area contributed by atoms with Crippen molar-refractivity contribution in [1.82, 2.24) is 0 Å². The molecule has 0 aliphatic carbocycles. The predicted molar refractivity (Wildman–Crippen MR) is 128 cm³/mol. The first-order chi connectivity index (χ1) is 17.1. The maximum absolute atomic E-state index is 14.2. The number of hydrogen-bond acceptors (Lipinski definition) is 6. The van der Waals surface area contributed by atoms with Crippen LogP contribution in [0.15, 0.2) is 91.0 Å². The van der Waals surface area contributed by atoms with Crippen LogP contribution in [-0.2, 0) is 38.8 Å². The largest absolute Gasteiger partial charge is 0.391 e. The Balaban J connectivity index is 1.61. The van der Waals surface area contributed by atoms with Crippen LogP contribution in [0.1, 0.15) is 16.7 Å². The highest BCUT2D eigenvalue weighted by molar-refractivity contribution is 5.16. The molecule has 0 radical (unpaired) electrons. The number of hydrogen-bond donors (Lipinski definition) is 2. The Morgan fingerprint density at radius 2 is 1.11 bits per heavy atom. The van der Waals surface area contributed by atoms with E-state index < -0.39 is 43.5 Å². The first-order valence-corrected chi connectivity index (χ1v) is 11.7. The van der Waals surface area contributed by atoms with E-state index in [1.165, 1.54) is 0 Å². The first kappa shape index (κ1) is 25.4. The molecule has 2 N–H and O–H groups in total. The Bertz CT molecular complexity index is 1010. The summed E-state index contributed by atoms with van der Waals surface area (Å²) in [5, 5.41) is 21.2. The highest BCUT2D eigenvalue weighted by Crippen LogP contribution is 2.35. The number of aliphatic hydroxyl groups is 2. The van der Waals surface area contributed by atoms with Crippen LogP contribution in [0.3, 0.4) is 0 Å². The smallest absolute Gasteiger partial charge is 0.219 e. The van der Waals surface area contributed by atoms with E-state index >= 15 is 0 Å². The van der Waals surface area contributed by atoms with Crippen LogP contribution < -0.4 is 0 Å². The highest BCUT2D eigenvalue weighted by Gasteiger charge is 2.56. The van der Waals surface area contributed by atoms with Gasteiger partial charge in [-0.05, 0) is 16.7 Å². The normalized spacial score (nSPS) is 26.5. The topological polar surface area (TPSA) is 77.4 Å². The summed E-state index contributed by atoms with van der Waals surface area (Å²) in [6, 6.07) is 28.4. The number of rotatable bonds is 11. The van der Waals surface area contributed by atoms with E-state index in [0.29, 0.717) is 0 Å². The molecule has 1 aliphatic heterocycles. The Hall–Kier alpha value is -2.65. The second-order valence-electron chi connectivity index (χ2n) is 8.55. The number of halogens is 1. The van der Waals surface area contributed by atoms with Crippen molar-refractivity contribution >= 4 is 0 Å². The average molecular weight is 483 g/mol. The SMILES string of the molecule is OC[C@]1(O)O[C@H](CF)[C@@H](OCc2ccccc2)[C@H](OCc2ccccc2)[C@@H]1OCc1ccccc1. The third kappa shape index (κ3) is 6.52. The fourth-order valence-corrected chi connectivity index (χ4v) is 4.19. The molecule has 7 heteroatoms. The molecule has 3 aromatic carbocycles. The van der Waals surface area contributed by atoms with Gasteiger partial charge in [0.1, 0.15) is 31.1 Å². The third-order valence-corrected chi connectivity index (χ3v) is 6.01. The molecule has 3 aromatic rings. The average Bonchev–Trinajstić information content (AvgIpc) is 2.92. The molecule has 0 bridgehead atoms. The van der Waals surface area contributed by atoms with Crippen LogP contribution in [0.5, 0.6) is 0 Å². The van der Waals surface area contributed by atoms with Gasteiger partial charge in [0.2, 0.25) is 5.79 Å². The minimum Gasteiger partial charge on any atom is -0.391 e. The van der Waals surface area contributed by atoms with Crippen molar-refractivity contribution in [3.8, 4) is 0 Å². The number of aliphatic hydroxyl groups excluding tert-OH is 1. The van der Waals surface area contributed by atoms with Gasteiger partial charge in [-0.25, -0.2) is 4.39 Å². The van der Waals surface area contributed by atoms with Gasteiger partial charge in [-0.2, -0.15) is 0 Å². The standard InChI is InChI=1S/C28H31FO6/c29-16-24-25(32-17-21-10-4-1-5-11-21)26(33-18-22-12-6-2-7-13-22)27(28(31,20-30)35-24)34-19-23-14-8-3-9-15-23/h1-15,24-27,30-31H,16-20H2/t24-,25-,26+,27+,28+/m1/s1. The number of benzene rings is 3. The van der Waals surface area contributed by atoms with Crippen LogP contribution in [0.25, 0.3) is 0 Å². The third-order valence-electron chi connectivity index (χ3n) is 6.01. The summed E-state index contributed by atoms with van der Waals surface area (Å²) in [7, 11) is 0. The second kappa shape index (κ2) is 12.4. The highest BCUT2D eigenvalue weighted by atomic mass is 19.1. The van der Waals surface area contributed by atoms with E-state index in [4.69, 9.17) is 18.9 Å². The van der Waals surface area contributed by atoms with E-state index in [1.54, 1.807) is 0 Å². The van der Waals surface area contributed by atoms with Crippen LogP contribution in [-0.4, -0.2) is 53.7 Å². The molecule has 35 heavy (non-hydrogen) atoms. The van der Waals surface area contributed by atoms with Gasteiger partial charge >= 0.3 is 0 Å². The summed E-state index contributed by atoms with van der Waals surface area (Å²) < 4.78 is 38.3. The van der Waals surface area contributed by atoms with Crippen molar-refractivity contribution < 1.29 is 33.6 Å². The first-order valence-electron chi connectivity index (χ1n) is 11.7. The molecule has 6 nitrogen and oxygen atoms in total. The van der Waals surface area contributed by atoms with Crippen molar-refractivity contribution in [1.29, 1.82) is 0 Å². The monoisotopic (exact) mass is 482 g/mol. The lowest BCUT2D eigenvalue weighted by Crippen LogP contribution is -2.68. The Morgan fingerprint density at radius 1 is 0.686 bits per heavy atom. The van der Waals surface area contributed by atoms with Gasteiger partial charge in [-0.3, -0.25) is 0 Å². The molecule has 1 fully saturated rings. The molecule has 186 valence electrons. The molecule has 0 saturated carbocycles. The summed E-state index contributed by atoms with van der Waals surface area (Å²) in [5.41, 5.74) is 2.66. The van der Waals surface area contributed by atoms with E-state index in [-0.39, 0.29) is 19.8 Å². The van der Waals surface area contributed by atoms with Gasteiger partial charge in [0.05, 0.1) is 26.4 Å². The van der Waals surface area contributed by atoms with Crippen LogP contribution in [0.4, 0.5) is 4.39 Å². The lowest BCUT2D eigenvalue weighted by Gasteiger charge is -2.49. The van der Waals surface area contributed by atoms with Crippen LogP contribution >= 0.6 is 0 Å². The predicted octanol–water partition coefficient (Wildman–Crippen LogP) is 3.79. The zero-order valence-corrected chi connectivity index (χ0v) is 19.4. The second-order valence-corrected chi connectivity index (χ2v) is 8.55. The molecular formula is C28H31FO6. The molecule has 0 amide bonds. The van der Waals surface area contributed by atoms with Gasteiger partial charge < -0.3 is 29.2 Å². The minimum absolute atomic E-state index is 0.133. The van der Waals surface area contributed by atoms with E-state index in [0.717, 1.165) is 16.7 Å². The molecule has 1 aliphatic rings. The van der Waals surface area contributed by atoms with Crippen LogP contribution in [0, 0.1) is 0 Å². The summed E-state index contributed by atoms with van der Waals surface area (Å²) >= 11 is 0. The summed E-state index contributed by atoms with van der Waals surface area (Å²) in [4.78, 5) is 0. The maximum Gasteiger partial charge on any atom is 0.219 e. The van der Waals surface area contributed by atoms with Crippen molar-refractivity contribution in [2.24, 2.45) is 0 Å². The summed E-state index contributed by atoms with van der Waals surface area (Å²) in [6.07, 6.45) is -4.11. The van der Waals surface area contributed by atoms with Crippen molar-refractivity contribution in [3.63, 3.8) is 0 Å². The molecule has 0 aromatic heterocycles. The van der Waals surface area contributed by atoms with Gasteiger partial charge in [0, 0.05) is 0 Å². The van der Waals surface area contributed by atoms with Crippen molar-refractivity contribution in [2.45, 2.75) is 50.0 Å². The van der Waals surface area contributed by atoms with Gasteiger partial charge in [-0.1, -0.05) is 91.0 Å². The fraction of sp³-hybridized carbons (Fsp3) is 0.357. The molecule has 0 unspecified atom stereocenters. The Kier molecular flexibility index (Phi) is 8.98. The molecule has 4 rings (SSSR count). The van der Waals surface area contributed by atoms with E-state index in [9.17, 15) is 14.6 Å². The lowest BCUT2D eigenvalue weighted by atomic mass is 9.92. The minimum atomic E-state index is -2.17. The van der Waals surface area contributed by atoms with Crippen LogP contribution in [0.2, 0.25) is 0 Å². The molecule has 5 atom stereocenters. The van der Waals surface area contributed by atoms with Gasteiger partial charge in [0.15, 0.2) is 0 Å². The number of ether oxygens (including phenoxy) is 4. The zero-order chi connectivity index (χ0) is 24.5. The lowest BCUT2D eigenvalue weighted by molar-refractivity contribution is -0.374. The zero-order valence-electron chi connectivity index (χ0n) is 19.4. The Labute approximate surface area is 204 Å². The summed E-state index contributed by atoms with van der Waals surface area (Å²) in [5.74, 6) is -2.17. The molecular weight excluding hydrogens is 451 g/mol. The van der Waals surface area contributed by atoms with E-state index in [2.05, 4.69) is 0 Å². The maximum atomic E-state index is 14.2. The Morgan fingerprint density at radius 3 is 1.54 bits per heavy atom. The molecule has 1 saturated heterocycles. The van der Waals surface area contributed by atoms with Crippen molar-refractivity contribution in [3.05, 3.63) is 108 Å². The fourth-order valence-electron chi connectivity index (χ4n) is 4.19. The van der Waals surface area contributed by atoms with Gasteiger partial charge in [-0.15, -0.1) is 0 Å².